The van der Waals surface area contributed by atoms with E-state index in [0.717, 1.165) is 57.3 Å². The van der Waals surface area contributed by atoms with E-state index in [-0.39, 0.29) is 40.4 Å². The second-order valence-corrected chi connectivity index (χ2v) is 13.5. The van der Waals surface area contributed by atoms with Crippen LogP contribution in [0, 0.1) is 17.6 Å². The van der Waals surface area contributed by atoms with Gasteiger partial charge in [0.1, 0.15) is 35.2 Å². The van der Waals surface area contributed by atoms with Crippen molar-refractivity contribution >= 4 is 27.5 Å². The number of fused-ring (bicyclic) bond motifs is 3. The van der Waals surface area contributed by atoms with Crippen LogP contribution in [0.5, 0.6) is 11.8 Å². The van der Waals surface area contributed by atoms with Gasteiger partial charge in [-0.05, 0) is 97.2 Å². The molecule has 8 nitrogen and oxygen atoms in total. The van der Waals surface area contributed by atoms with E-state index in [1.807, 2.05) is 19.2 Å². The van der Waals surface area contributed by atoms with E-state index >= 15 is 8.78 Å². The van der Waals surface area contributed by atoms with Gasteiger partial charge in [-0.15, -0.1) is 0 Å². The quantitative estimate of drug-likeness (QED) is 0.198. The summed E-state index contributed by atoms with van der Waals surface area (Å²) in [4.78, 5) is 23.3. The van der Waals surface area contributed by atoms with E-state index in [1.54, 1.807) is 24.5 Å². The number of benzene rings is 2. The number of phenols is 1. The van der Waals surface area contributed by atoms with E-state index in [0.29, 0.717) is 52.0 Å². The lowest BCUT2D eigenvalue weighted by Gasteiger charge is -2.31. The van der Waals surface area contributed by atoms with Crippen LogP contribution < -0.4 is 9.64 Å². The maximum absolute atomic E-state index is 17.0. The first-order valence-corrected chi connectivity index (χ1v) is 16.7. The Morgan fingerprint density at radius 2 is 1.98 bits per heavy atom. The van der Waals surface area contributed by atoms with Crippen LogP contribution in [0.25, 0.3) is 32.9 Å². The zero-order valence-electron chi connectivity index (χ0n) is 26.7. The van der Waals surface area contributed by atoms with E-state index in [1.165, 1.54) is 12.1 Å². The van der Waals surface area contributed by atoms with E-state index < -0.39 is 5.82 Å². The van der Waals surface area contributed by atoms with Gasteiger partial charge in [-0.3, -0.25) is 14.9 Å². The molecule has 242 valence electrons. The Kier molecular flexibility index (Phi) is 7.43. The van der Waals surface area contributed by atoms with Crippen molar-refractivity contribution in [1.29, 1.82) is 0 Å². The first-order valence-electron chi connectivity index (χ1n) is 16.7. The number of aromatic hydroxyl groups is 1. The fraction of sp³-hybridized carbons (Fsp3) is 0.405. The largest absolute Gasteiger partial charge is 0.508 e. The summed E-state index contributed by atoms with van der Waals surface area (Å²) in [5.41, 5.74) is 1.82. The number of aromatic nitrogens is 4. The molecule has 3 fully saturated rings. The normalized spacial score (nSPS) is 22.9. The zero-order chi connectivity index (χ0) is 32.3. The number of rotatable bonds is 7. The number of pyridine rings is 2. The summed E-state index contributed by atoms with van der Waals surface area (Å²) >= 11 is 0. The Labute approximate surface area is 272 Å². The molecule has 5 aromatic rings. The molecule has 0 spiro atoms. The molecule has 8 rings (SSSR count). The first kappa shape index (κ1) is 29.9. The fourth-order valence-electron chi connectivity index (χ4n) is 8.49. The van der Waals surface area contributed by atoms with Gasteiger partial charge in [-0.25, -0.2) is 8.78 Å². The average molecular weight is 637 g/mol. The number of anilines is 1. The number of nitrogens with zero attached hydrogens (tertiary/aromatic N) is 6. The fourth-order valence-corrected chi connectivity index (χ4v) is 8.49. The van der Waals surface area contributed by atoms with Crippen LogP contribution in [0.15, 0.2) is 55.0 Å². The number of aryl methyl sites for hydroxylation is 1. The number of halogens is 2. The van der Waals surface area contributed by atoms with Gasteiger partial charge in [-0.1, -0.05) is 26.0 Å². The van der Waals surface area contributed by atoms with Crippen LogP contribution in [0.1, 0.15) is 63.1 Å². The van der Waals surface area contributed by atoms with Gasteiger partial charge in [-0.2, -0.15) is 9.97 Å². The van der Waals surface area contributed by atoms with Crippen LogP contribution in [-0.2, 0) is 6.42 Å². The molecule has 1 N–H and O–H groups in total. The molecule has 6 heterocycles. The second-order valence-electron chi connectivity index (χ2n) is 13.5. The Balaban J connectivity index is 1.29. The molecule has 3 atom stereocenters. The second kappa shape index (κ2) is 11.7. The van der Waals surface area contributed by atoms with Crippen molar-refractivity contribution in [2.24, 2.45) is 5.92 Å². The first-order chi connectivity index (χ1) is 22.8. The lowest BCUT2D eigenvalue weighted by atomic mass is 9.92. The lowest BCUT2D eigenvalue weighted by molar-refractivity contribution is 0.107. The molecular formula is C37H38F2N6O2. The topological polar surface area (TPSA) is 87.5 Å². The third kappa shape index (κ3) is 5.04. The Morgan fingerprint density at radius 3 is 2.81 bits per heavy atom. The van der Waals surface area contributed by atoms with Crippen molar-refractivity contribution < 1.29 is 18.6 Å². The zero-order valence-corrected chi connectivity index (χ0v) is 26.7. The molecule has 47 heavy (non-hydrogen) atoms. The molecule has 0 aliphatic carbocycles. The minimum atomic E-state index is -0.665. The van der Waals surface area contributed by atoms with Gasteiger partial charge in [0.25, 0.3) is 0 Å². The molecule has 3 aliphatic rings. The average Bonchev–Trinajstić information content (AvgIpc) is 3.79. The predicted octanol–water partition coefficient (Wildman–Crippen LogP) is 7.38. The number of hydrogen-bond donors (Lipinski definition) is 1. The molecule has 0 radical (unpaired) electrons. The van der Waals surface area contributed by atoms with Crippen LogP contribution in [0.3, 0.4) is 0 Å². The van der Waals surface area contributed by atoms with Crippen molar-refractivity contribution in [3.8, 4) is 23.0 Å². The maximum atomic E-state index is 17.0. The third-order valence-electron chi connectivity index (χ3n) is 10.5. The van der Waals surface area contributed by atoms with E-state index in [2.05, 4.69) is 32.8 Å². The van der Waals surface area contributed by atoms with Gasteiger partial charge >= 0.3 is 6.01 Å². The van der Waals surface area contributed by atoms with Crippen molar-refractivity contribution in [3.63, 3.8) is 0 Å². The number of hydrogen-bond acceptors (Lipinski definition) is 8. The summed E-state index contributed by atoms with van der Waals surface area (Å²) < 4.78 is 38.5. The van der Waals surface area contributed by atoms with Crippen molar-refractivity contribution in [1.82, 2.24) is 24.8 Å². The summed E-state index contributed by atoms with van der Waals surface area (Å²) in [5, 5.41) is 12.2. The highest BCUT2D eigenvalue weighted by atomic mass is 19.1. The van der Waals surface area contributed by atoms with Gasteiger partial charge in [0.05, 0.1) is 17.0 Å². The summed E-state index contributed by atoms with van der Waals surface area (Å²) in [5.74, 6) is 0.0400. The summed E-state index contributed by atoms with van der Waals surface area (Å²) in [6, 6.07) is 10.1. The summed E-state index contributed by atoms with van der Waals surface area (Å²) in [7, 11) is 0. The SMILES string of the molecule is CCc1c(F)ccc2cc(O)cc(-c3ncc4c(N5CCCC5c5cccnc5)nc(OC[C@@]56CCCN5C[C@H](C)C6)nc4c3F)c12. The highest BCUT2D eigenvalue weighted by Gasteiger charge is 2.48. The minimum absolute atomic E-state index is 0.00193. The van der Waals surface area contributed by atoms with Crippen LogP contribution >= 0.6 is 0 Å². The van der Waals surface area contributed by atoms with Gasteiger partial charge in [0.2, 0.25) is 0 Å². The standard InChI is InChI=1S/C37H38F2N6O2/c1-3-26-29(38)10-9-23-15-25(46)16-27(31(23)26)33-32(39)34-28(19-41-33)35(45-14-5-8-30(45)24-7-4-12-40-18-24)43-36(42-34)47-21-37-11-6-13-44(37)20-22(2)17-37/h4,7,9-10,12,15-16,18-19,22,30,46H,3,5-6,8,11,13-14,17,20-21H2,1-2H3/t22-,30?,37+/m1/s1. The molecule has 3 saturated heterocycles. The Morgan fingerprint density at radius 1 is 1.09 bits per heavy atom. The molecule has 0 amide bonds. The molecule has 10 heteroatoms. The smallest absolute Gasteiger partial charge is 0.319 e. The van der Waals surface area contributed by atoms with Gasteiger partial charge < -0.3 is 14.7 Å². The van der Waals surface area contributed by atoms with Crippen molar-refractivity contribution in [3.05, 3.63) is 77.8 Å². The molecule has 0 bridgehead atoms. The van der Waals surface area contributed by atoms with Crippen LogP contribution in [-0.4, -0.2) is 61.7 Å². The molecule has 3 aromatic heterocycles. The van der Waals surface area contributed by atoms with Crippen molar-refractivity contribution in [2.75, 3.05) is 31.1 Å². The van der Waals surface area contributed by atoms with Gasteiger partial charge in [0, 0.05) is 37.2 Å². The van der Waals surface area contributed by atoms with Gasteiger partial charge in [0.15, 0.2) is 5.82 Å². The minimum Gasteiger partial charge on any atom is -0.508 e. The molecule has 0 saturated carbocycles. The van der Waals surface area contributed by atoms with Crippen LogP contribution in [0.2, 0.25) is 0 Å². The number of phenolic OH excluding ortho intramolecular Hbond substituents is 1. The van der Waals surface area contributed by atoms with E-state index in [9.17, 15) is 5.11 Å². The van der Waals surface area contributed by atoms with Crippen LogP contribution in [0.4, 0.5) is 14.6 Å². The highest BCUT2D eigenvalue weighted by Crippen LogP contribution is 2.44. The summed E-state index contributed by atoms with van der Waals surface area (Å²) in [6.45, 7) is 7.40. The predicted molar refractivity (Wildman–Crippen MR) is 178 cm³/mol. The molecule has 2 aromatic carbocycles. The Hall–Kier alpha value is -4.44. The molecular weight excluding hydrogens is 598 g/mol. The molecule has 3 aliphatic heterocycles. The monoisotopic (exact) mass is 636 g/mol. The highest BCUT2D eigenvalue weighted by molar-refractivity contribution is 6.01. The molecule has 1 unspecified atom stereocenters. The van der Waals surface area contributed by atoms with Crippen molar-refractivity contribution in [2.45, 2.75) is 64.0 Å². The maximum Gasteiger partial charge on any atom is 0.319 e. The lowest BCUT2D eigenvalue weighted by Crippen LogP contribution is -2.43. The van der Waals surface area contributed by atoms with E-state index in [4.69, 9.17) is 14.7 Å². The third-order valence-corrected chi connectivity index (χ3v) is 10.5. The Bertz CT molecular complexity index is 1990. The number of ether oxygens (including phenoxy) is 1. The summed E-state index contributed by atoms with van der Waals surface area (Å²) in [6.07, 6.45) is 10.7.